The third-order valence-corrected chi connectivity index (χ3v) is 3.56. The second kappa shape index (κ2) is 6.10. The molecule has 0 unspecified atom stereocenters. The van der Waals surface area contributed by atoms with Gasteiger partial charge in [-0.3, -0.25) is 4.90 Å². The molecule has 0 spiro atoms. The van der Waals surface area contributed by atoms with Crippen molar-refractivity contribution in [2.75, 3.05) is 6.54 Å². The molecule has 1 fully saturated rings. The highest BCUT2D eigenvalue weighted by atomic mass is 16.3. The SMILES string of the molecule is CCCN(Cc1ccoc1CNC(C)(C)C)C1CC1. The zero-order chi connectivity index (χ0) is 13.9. The Labute approximate surface area is 117 Å². The van der Waals surface area contributed by atoms with E-state index in [-0.39, 0.29) is 5.54 Å². The first-order valence-electron chi connectivity index (χ1n) is 7.54. The van der Waals surface area contributed by atoms with Gasteiger partial charge in [-0.05, 0) is 52.6 Å². The summed E-state index contributed by atoms with van der Waals surface area (Å²) in [6, 6.07) is 2.95. The molecule has 3 heteroatoms. The van der Waals surface area contributed by atoms with Crippen molar-refractivity contribution in [2.45, 2.75) is 71.6 Å². The van der Waals surface area contributed by atoms with Crippen LogP contribution in [0.1, 0.15) is 58.3 Å². The predicted molar refractivity (Wildman–Crippen MR) is 79.0 cm³/mol. The average Bonchev–Trinajstić information content (AvgIpc) is 3.07. The molecule has 1 aromatic heterocycles. The van der Waals surface area contributed by atoms with Crippen LogP contribution in [0.4, 0.5) is 0 Å². The van der Waals surface area contributed by atoms with Crippen molar-refractivity contribution in [3.63, 3.8) is 0 Å². The van der Waals surface area contributed by atoms with Crippen LogP contribution in [0.3, 0.4) is 0 Å². The average molecular weight is 264 g/mol. The van der Waals surface area contributed by atoms with Gasteiger partial charge in [-0.15, -0.1) is 0 Å². The predicted octanol–water partition coefficient (Wildman–Crippen LogP) is 3.54. The van der Waals surface area contributed by atoms with Crippen molar-refractivity contribution in [1.82, 2.24) is 10.2 Å². The zero-order valence-electron chi connectivity index (χ0n) is 12.8. The van der Waals surface area contributed by atoms with Crippen LogP contribution in [-0.2, 0) is 13.1 Å². The van der Waals surface area contributed by atoms with Crippen LogP contribution in [-0.4, -0.2) is 23.0 Å². The highest BCUT2D eigenvalue weighted by Gasteiger charge is 2.29. The molecule has 1 N–H and O–H groups in total. The molecule has 1 aliphatic rings. The lowest BCUT2D eigenvalue weighted by Crippen LogP contribution is -2.35. The molecule has 0 bridgehead atoms. The molecule has 3 nitrogen and oxygen atoms in total. The highest BCUT2D eigenvalue weighted by molar-refractivity contribution is 5.17. The molecule has 1 aliphatic carbocycles. The van der Waals surface area contributed by atoms with Crippen molar-refractivity contribution in [3.05, 3.63) is 23.7 Å². The minimum Gasteiger partial charge on any atom is -0.468 e. The number of nitrogens with zero attached hydrogens (tertiary/aromatic N) is 1. The summed E-state index contributed by atoms with van der Waals surface area (Å²) < 4.78 is 5.65. The van der Waals surface area contributed by atoms with Gasteiger partial charge in [0, 0.05) is 23.7 Å². The maximum Gasteiger partial charge on any atom is 0.122 e. The van der Waals surface area contributed by atoms with Gasteiger partial charge in [0.05, 0.1) is 12.8 Å². The van der Waals surface area contributed by atoms with Crippen LogP contribution >= 0.6 is 0 Å². The third kappa shape index (κ3) is 4.66. The van der Waals surface area contributed by atoms with E-state index >= 15 is 0 Å². The molecular weight excluding hydrogens is 236 g/mol. The Balaban J connectivity index is 1.94. The second-order valence-electron chi connectivity index (χ2n) is 6.67. The second-order valence-corrected chi connectivity index (χ2v) is 6.67. The molecule has 1 aromatic rings. The lowest BCUT2D eigenvalue weighted by molar-refractivity contribution is 0.252. The van der Waals surface area contributed by atoms with Crippen molar-refractivity contribution in [2.24, 2.45) is 0 Å². The normalized spacial score (nSPS) is 16.3. The van der Waals surface area contributed by atoms with Gasteiger partial charge in [-0.1, -0.05) is 6.92 Å². The molecule has 108 valence electrons. The van der Waals surface area contributed by atoms with E-state index in [1.807, 2.05) is 6.26 Å². The fraction of sp³-hybridized carbons (Fsp3) is 0.750. The highest BCUT2D eigenvalue weighted by Crippen LogP contribution is 2.29. The fourth-order valence-electron chi connectivity index (χ4n) is 2.34. The Kier molecular flexibility index (Phi) is 4.69. The van der Waals surface area contributed by atoms with Crippen LogP contribution < -0.4 is 5.32 Å². The van der Waals surface area contributed by atoms with Gasteiger partial charge < -0.3 is 9.73 Å². The first-order chi connectivity index (χ1) is 8.99. The molecule has 2 rings (SSSR count). The summed E-state index contributed by atoms with van der Waals surface area (Å²) in [6.45, 7) is 11.9. The molecule has 1 saturated carbocycles. The van der Waals surface area contributed by atoms with Crippen molar-refractivity contribution in [3.8, 4) is 0 Å². The van der Waals surface area contributed by atoms with Crippen LogP contribution in [0.5, 0.6) is 0 Å². The Morgan fingerprint density at radius 1 is 1.37 bits per heavy atom. The molecule has 1 heterocycles. The van der Waals surface area contributed by atoms with E-state index in [9.17, 15) is 0 Å². The molecular formula is C16H28N2O. The minimum atomic E-state index is 0.129. The van der Waals surface area contributed by atoms with Crippen molar-refractivity contribution >= 4 is 0 Å². The fourth-order valence-corrected chi connectivity index (χ4v) is 2.34. The zero-order valence-corrected chi connectivity index (χ0v) is 12.8. The standard InChI is InChI=1S/C16H28N2O/c1-5-9-18(14-6-7-14)12-13-8-10-19-15(13)11-17-16(2,3)4/h8,10,14,17H,5-7,9,11-12H2,1-4H3. The lowest BCUT2D eigenvalue weighted by atomic mass is 10.1. The van der Waals surface area contributed by atoms with E-state index in [0.717, 1.165) is 24.9 Å². The molecule has 0 radical (unpaired) electrons. The number of furan rings is 1. The number of hydrogen-bond acceptors (Lipinski definition) is 3. The summed E-state index contributed by atoms with van der Waals surface area (Å²) in [4.78, 5) is 2.60. The van der Waals surface area contributed by atoms with E-state index in [2.05, 4.69) is 44.0 Å². The van der Waals surface area contributed by atoms with Crippen LogP contribution in [0.25, 0.3) is 0 Å². The molecule has 0 atom stereocenters. The van der Waals surface area contributed by atoms with Crippen LogP contribution in [0.2, 0.25) is 0 Å². The van der Waals surface area contributed by atoms with E-state index in [1.165, 1.54) is 31.4 Å². The Bertz CT molecular complexity index is 388. The van der Waals surface area contributed by atoms with Crippen LogP contribution in [0, 0.1) is 0 Å². The van der Waals surface area contributed by atoms with E-state index < -0.39 is 0 Å². The molecule has 19 heavy (non-hydrogen) atoms. The third-order valence-electron chi connectivity index (χ3n) is 3.56. The lowest BCUT2D eigenvalue weighted by Gasteiger charge is -2.22. The van der Waals surface area contributed by atoms with E-state index in [0.29, 0.717) is 0 Å². The van der Waals surface area contributed by atoms with Gasteiger partial charge in [0.15, 0.2) is 0 Å². The summed E-state index contributed by atoms with van der Waals surface area (Å²) in [7, 11) is 0. The maximum atomic E-state index is 5.65. The van der Waals surface area contributed by atoms with Crippen molar-refractivity contribution < 1.29 is 4.42 Å². The summed E-state index contributed by atoms with van der Waals surface area (Å²) in [5.41, 5.74) is 1.47. The first-order valence-corrected chi connectivity index (χ1v) is 7.54. The maximum absolute atomic E-state index is 5.65. The number of hydrogen-bond donors (Lipinski definition) is 1. The Hall–Kier alpha value is -0.800. The Morgan fingerprint density at radius 3 is 2.68 bits per heavy atom. The monoisotopic (exact) mass is 264 g/mol. The van der Waals surface area contributed by atoms with Crippen LogP contribution in [0.15, 0.2) is 16.7 Å². The summed E-state index contributed by atoms with van der Waals surface area (Å²) >= 11 is 0. The quantitative estimate of drug-likeness (QED) is 0.816. The molecule has 0 aromatic carbocycles. The minimum absolute atomic E-state index is 0.129. The van der Waals surface area contributed by atoms with Gasteiger partial charge in [0.1, 0.15) is 5.76 Å². The largest absolute Gasteiger partial charge is 0.468 e. The first kappa shape index (κ1) is 14.6. The Morgan fingerprint density at radius 2 is 2.11 bits per heavy atom. The molecule has 0 amide bonds. The molecule has 0 aliphatic heterocycles. The van der Waals surface area contributed by atoms with E-state index in [1.54, 1.807) is 0 Å². The smallest absolute Gasteiger partial charge is 0.122 e. The number of rotatable bonds is 7. The summed E-state index contributed by atoms with van der Waals surface area (Å²) in [6.07, 6.45) is 5.79. The molecule has 0 saturated heterocycles. The van der Waals surface area contributed by atoms with Gasteiger partial charge in [0.25, 0.3) is 0 Å². The van der Waals surface area contributed by atoms with E-state index in [4.69, 9.17) is 4.42 Å². The summed E-state index contributed by atoms with van der Waals surface area (Å²) in [5, 5.41) is 3.50. The van der Waals surface area contributed by atoms with Gasteiger partial charge in [-0.25, -0.2) is 0 Å². The van der Waals surface area contributed by atoms with Gasteiger partial charge >= 0.3 is 0 Å². The van der Waals surface area contributed by atoms with Gasteiger partial charge in [0.2, 0.25) is 0 Å². The number of nitrogens with one attached hydrogen (secondary N) is 1. The van der Waals surface area contributed by atoms with Gasteiger partial charge in [-0.2, -0.15) is 0 Å². The van der Waals surface area contributed by atoms with Crippen molar-refractivity contribution in [1.29, 1.82) is 0 Å². The topological polar surface area (TPSA) is 28.4 Å². The summed E-state index contributed by atoms with van der Waals surface area (Å²) in [5.74, 6) is 1.09.